The summed E-state index contributed by atoms with van der Waals surface area (Å²) in [6, 6.07) is 6.79. The zero-order chi connectivity index (χ0) is 18.8. The summed E-state index contributed by atoms with van der Waals surface area (Å²) < 4.78 is 7.85. The minimum absolute atomic E-state index is 0.0125. The minimum atomic E-state index is -0.732. The van der Waals surface area contributed by atoms with Crippen LogP contribution in [0.2, 0.25) is 0 Å². The van der Waals surface area contributed by atoms with Crippen LogP contribution in [0.5, 0.6) is 5.88 Å². The lowest BCUT2D eigenvalue weighted by Gasteiger charge is -2.20. The Bertz CT molecular complexity index is 1010. The second kappa shape index (κ2) is 6.99. The number of hydrogen-bond donors (Lipinski definition) is 1. The molecular weight excluding hydrogens is 336 g/mol. The molecule has 0 radical (unpaired) electrons. The highest BCUT2D eigenvalue weighted by molar-refractivity contribution is 5.71. The number of aromatic hydroxyl groups is 1. The number of methoxy groups -OCH3 is 1. The molecule has 0 unspecified atom stereocenters. The Balaban J connectivity index is 2.25. The van der Waals surface area contributed by atoms with Crippen LogP contribution in [0.4, 0.5) is 0 Å². The van der Waals surface area contributed by atoms with Crippen molar-refractivity contribution in [1.82, 2.24) is 19.2 Å². The molecule has 8 nitrogen and oxygen atoms in total. The molecule has 0 saturated heterocycles. The Morgan fingerprint density at radius 2 is 2.08 bits per heavy atom. The SMILES string of the molecule is COC(=O)C[C@H](c1c(O)nc2ccccn2c1=O)c1ccnn1C(C)C. The second-order valence-electron chi connectivity index (χ2n) is 6.21. The van der Waals surface area contributed by atoms with Crippen molar-refractivity contribution in [3.8, 4) is 5.88 Å². The fourth-order valence-electron chi connectivity index (χ4n) is 3.03. The molecule has 0 fully saturated rings. The van der Waals surface area contributed by atoms with E-state index in [1.54, 1.807) is 41.3 Å². The van der Waals surface area contributed by atoms with Crippen LogP contribution >= 0.6 is 0 Å². The van der Waals surface area contributed by atoms with Crippen molar-refractivity contribution >= 4 is 11.6 Å². The van der Waals surface area contributed by atoms with Crippen LogP contribution in [-0.2, 0) is 9.53 Å². The third-order valence-electron chi connectivity index (χ3n) is 4.24. The normalized spacial score (nSPS) is 12.5. The number of ether oxygens (including phenoxy) is 1. The summed E-state index contributed by atoms with van der Waals surface area (Å²) in [4.78, 5) is 29.1. The van der Waals surface area contributed by atoms with Crippen molar-refractivity contribution in [2.45, 2.75) is 32.2 Å². The number of rotatable bonds is 5. The summed E-state index contributed by atoms with van der Waals surface area (Å²) in [6.07, 6.45) is 3.06. The van der Waals surface area contributed by atoms with Gasteiger partial charge in [-0.2, -0.15) is 10.1 Å². The number of nitrogens with zero attached hydrogens (tertiary/aromatic N) is 4. The second-order valence-corrected chi connectivity index (χ2v) is 6.21. The molecule has 3 aromatic rings. The number of hydrogen-bond acceptors (Lipinski definition) is 6. The lowest BCUT2D eigenvalue weighted by molar-refractivity contribution is -0.140. The number of carbonyl (C=O) groups is 1. The molecular formula is C18H20N4O4. The van der Waals surface area contributed by atoms with Crippen LogP contribution < -0.4 is 5.56 Å². The molecule has 0 aliphatic rings. The monoisotopic (exact) mass is 356 g/mol. The minimum Gasteiger partial charge on any atom is -0.493 e. The highest BCUT2D eigenvalue weighted by Gasteiger charge is 2.29. The van der Waals surface area contributed by atoms with Gasteiger partial charge in [0.05, 0.1) is 19.1 Å². The number of aromatic nitrogens is 4. The molecule has 3 heterocycles. The zero-order valence-electron chi connectivity index (χ0n) is 14.8. The van der Waals surface area contributed by atoms with Crippen molar-refractivity contribution in [3.63, 3.8) is 0 Å². The van der Waals surface area contributed by atoms with Crippen LogP contribution in [0.15, 0.2) is 41.5 Å². The summed E-state index contributed by atoms with van der Waals surface area (Å²) in [6.45, 7) is 3.88. The Labute approximate surface area is 149 Å². The Morgan fingerprint density at radius 3 is 2.77 bits per heavy atom. The summed E-state index contributed by atoms with van der Waals surface area (Å²) in [5, 5.41) is 14.7. The van der Waals surface area contributed by atoms with E-state index in [-0.39, 0.29) is 18.0 Å². The lowest BCUT2D eigenvalue weighted by Crippen LogP contribution is -2.26. The number of carbonyl (C=O) groups excluding carboxylic acids is 1. The van der Waals surface area contributed by atoms with Gasteiger partial charge in [0.25, 0.3) is 5.56 Å². The largest absolute Gasteiger partial charge is 0.493 e. The summed E-state index contributed by atoms with van der Waals surface area (Å²) in [5.41, 5.74) is 0.573. The number of fused-ring (bicyclic) bond motifs is 1. The van der Waals surface area contributed by atoms with E-state index in [1.807, 2.05) is 13.8 Å². The van der Waals surface area contributed by atoms with Crippen molar-refractivity contribution in [3.05, 3.63) is 58.3 Å². The predicted octanol–water partition coefficient (Wildman–Crippen LogP) is 1.87. The molecule has 0 aliphatic heterocycles. The molecule has 1 N–H and O–H groups in total. The average molecular weight is 356 g/mol. The first-order valence-electron chi connectivity index (χ1n) is 8.24. The summed E-state index contributed by atoms with van der Waals surface area (Å²) in [7, 11) is 1.28. The van der Waals surface area contributed by atoms with Gasteiger partial charge in [-0.1, -0.05) is 6.07 Å². The Kier molecular flexibility index (Phi) is 4.75. The molecule has 0 aliphatic carbocycles. The van der Waals surface area contributed by atoms with Gasteiger partial charge >= 0.3 is 5.97 Å². The maximum absolute atomic E-state index is 13.0. The fraction of sp³-hybridized carbons (Fsp3) is 0.333. The smallest absolute Gasteiger partial charge is 0.306 e. The van der Waals surface area contributed by atoms with Gasteiger partial charge in [0.15, 0.2) is 0 Å². The van der Waals surface area contributed by atoms with E-state index in [9.17, 15) is 14.7 Å². The number of esters is 1. The number of pyridine rings is 1. The topological polar surface area (TPSA) is 98.7 Å². The van der Waals surface area contributed by atoms with Crippen molar-refractivity contribution in [2.24, 2.45) is 0 Å². The van der Waals surface area contributed by atoms with Gasteiger partial charge in [0.2, 0.25) is 5.88 Å². The van der Waals surface area contributed by atoms with Crippen molar-refractivity contribution in [2.75, 3.05) is 7.11 Å². The first-order chi connectivity index (χ1) is 12.4. The molecule has 8 heteroatoms. The summed E-state index contributed by atoms with van der Waals surface area (Å²) in [5.74, 6) is -1.63. The third kappa shape index (κ3) is 3.05. The molecule has 26 heavy (non-hydrogen) atoms. The van der Waals surface area contributed by atoms with E-state index in [2.05, 4.69) is 10.1 Å². The quantitative estimate of drug-likeness (QED) is 0.701. The standard InChI is InChI=1S/C18H20N4O4/c1-11(2)22-13(7-8-19-22)12(10-15(23)26-3)16-17(24)20-14-6-4-5-9-21(14)18(16)25/h4-9,11-12,24H,10H2,1-3H3/t12-/m0/s1. The molecule has 0 bridgehead atoms. The maximum Gasteiger partial charge on any atom is 0.306 e. The molecule has 0 saturated carbocycles. The van der Waals surface area contributed by atoms with Crippen LogP contribution in [0.25, 0.3) is 5.65 Å². The molecule has 0 aromatic carbocycles. The van der Waals surface area contributed by atoms with E-state index in [4.69, 9.17) is 4.74 Å². The first kappa shape index (κ1) is 17.7. The van der Waals surface area contributed by atoms with Gasteiger partial charge < -0.3 is 9.84 Å². The maximum atomic E-state index is 13.0. The molecule has 3 aromatic heterocycles. The molecule has 0 amide bonds. The van der Waals surface area contributed by atoms with Crippen LogP contribution in [0.3, 0.4) is 0 Å². The highest BCUT2D eigenvalue weighted by atomic mass is 16.5. The summed E-state index contributed by atoms with van der Waals surface area (Å²) >= 11 is 0. The average Bonchev–Trinajstić information content (AvgIpc) is 3.10. The Hall–Kier alpha value is -3.16. The van der Waals surface area contributed by atoms with Gasteiger partial charge in [0.1, 0.15) is 5.65 Å². The first-order valence-corrected chi connectivity index (χ1v) is 8.24. The van der Waals surface area contributed by atoms with Crippen molar-refractivity contribution in [1.29, 1.82) is 0 Å². The zero-order valence-corrected chi connectivity index (χ0v) is 14.8. The van der Waals surface area contributed by atoms with Gasteiger partial charge in [0, 0.05) is 30.0 Å². The van der Waals surface area contributed by atoms with Gasteiger partial charge in [-0.25, -0.2) is 0 Å². The molecule has 0 spiro atoms. The predicted molar refractivity (Wildman–Crippen MR) is 94.2 cm³/mol. The lowest BCUT2D eigenvalue weighted by atomic mass is 9.93. The van der Waals surface area contributed by atoms with Gasteiger partial charge in [-0.05, 0) is 32.0 Å². The Morgan fingerprint density at radius 1 is 1.31 bits per heavy atom. The molecule has 3 rings (SSSR count). The van der Waals surface area contributed by atoms with Crippen LogP contribution in [0, 0.1) is 0 Å². The van der Waals surface area contributed by atoms with Gasteiger partial charge in [-0.3, -0.25) is 18.7 Å². The van der Waals surface area contributed by atoms with E-state index in [1.165, 1.54) is 11.5 Å². The highest BCUT2D eigenvalue weighted by Crippen LogP contribution is 2.32. The van der Waals surface area contributed by atoms with E-state index >= 15 is 0 Å². The molecule has 1 atom stereocenters. The molecule has 136 valence electrons. The van der Waals surface area contributed by atoms with Crippen LogP contribution in [-0.4, -0.2) is 37.4 Å². The van der Waals surface area contributed by atoms with Crippen molar-refractivity contribution < 1.29 is 14.6 Å². The van der Waals surface area contributed by atoms with Gasteiger partial charge in [-0.15, -0.1) is 0 Å². The van der Waals surface area contributed by atoms with E-state index in [0.29, 0.717) is 11.3 Å². The van der Waals surface area contributed by atoms with E-state index in [0.717, 1.165) is 0 Å². The van der Waals surface area contributed by atoms with E-state index < -0.39 is 23.3 Å². The fourth-order valence-corrected chi connectivity index (χ4v) is 3.03. The third-order valence-corrected chi connectivity index (χ3v) is 4.24. The van der Waals surface area contributed by atoms with Crippen LogP contribution in [0.1, 0.15) is 43.5 Å².